The fourth-order valence-corrected chi connectivity index (χ4v) is 4.40. The van der Waals surface area contributed by atoms with Gasteiger partial charge in [0, 0.05) is 25.2 Å². The number of carbonyl (C=O) groups is 1. The van der Waals surface area contributed by atoms with Gasteiger partial charge in [-0.25, -0.2) is 12.8 Å². The number of benzene rings is 2. The third-order valence-corrected chi connectivity index (χ3v) is 5.91. The van der Waals surface area contributed by atoms with Gasteiger partial charge in [-0.3, -0.25) is 9.10 Å². The Balaban J connectivity index is 1.86. The van der Waals surface area contributed by atoms with E-state index in [1.54, 1.807) is 35.2 Å². The van der Waals surface area contributed by atoms with Crippen LogP contribution in [-0.2, 0) is 23.0 Å². The monoisotopic (exact) mass is 390 g/mol. The van der Waals surface area contributed by atoms with Gasteiger partial charge < -0.3 is 4.90 Å². The Morgan fingerprint density at radius 3 is 2.67 bits per heavy atom. The van der Waals surface area contributed by atoms with Gasteiger partial charge in [0.2, 0.25) is 10.0 Å². The molecule has 0 aliphatic carbocycles. The van der Waals surface area contributed by atoms with Gasteiger partial charge in [0.1, 0.15) is 5.82 Å². The van der Waals surface area contributed by atoms with Crippen LogP contribution in [0.1, 0.15) is 34.8 Å². The maximum atomic E-state index is 13.4. The number of fused-ring (bicyclic) bond motifs is 1. The number of amides is 1. The van der Waals surface area contributed by atoms with Crippen LogP contribution in [0.3, 0.4) is 0 Å². The third kappa shape index (κ3) is 4.30. The largest absolute Gasteiger partial charge is 0.335 e. The van der Waals surface area contributed by atoms with E-state index in [1.165, 1.54) is 22.7 Å². The molecule has 1 aliphatic rings. The molecule has 2 aromatic rings. The SMILES string of the molecule is CCN(Cc1cccc(F)c1)C(=O)c1ccc2c(c1)CCCN2S(C)(=O)=O. The van der Waals surface area contributed by atoms with E-state index < -0.39 is 10.0 Å². The number of anilines is 1. The molecule has 0 atom stereocenters. The Bertz CT molecular complexity index is 959. The minimum atomic E-state index is -3.34. The first-order chi connectivity index (χ1) is 12.8. The van der Waals surface area contributed by atoms with Gasteiger partial charge in [-0.2, -0.15) is 0 Å². The van der Waals surface area contributed by atoms with E-state index in [9.17, 15) is 17.6 Å². The molecule has 0 spiro atoms. The molecule has 3 rings (SSSR count). The molecular formula is C20H23FN2O3S. The van der Waals surface area contributed by atoms with Crippen LogP contribution in [0.25, 0.3) is 0 Å². The van der Waals surface area contributed by atoms with Gasteiger partial charge in [0.25, 0.3) is 5.91 Å². The zero-order chi connectivity index (χ0) is 19.6. The maximum absolute atomic E-state index is 13.4. The molecular weight excluding hydrogens is 367 g/mol. The second-order valence-electron chi connectivity index (χ2n) is 6.73. The number of hydrogen-bond donors (Lipinski definition) is 0. The molecule has 0 unspecified atom stereocenters. The van der Waals surface area contributed by atoms with Crippen molar-refractivity contribution in [3.8, 4) is 0 Å². The van der Waals surface area contributed by atoms with Crippen molar-refractivity contribution in [2.45, 2.75) is 26.3 Å². The quantitative estimate of drug-likeness (QED) is 0.788. The highest BCUT2D eigenvalue weighted by atomic mass is 32.2. The molecule has 144 valence electrons. The summed E-state index contributed by atoms with van der Waals surface area (Å²) in [5.41, 5.74) is 2.75. The van der Waals surface area contributed by atoms with Crippen molar-refractivity contribution >= 4 is 21.6 Å². The highest BCUT2D eigenvalue weighted by Crippen LogP contribution is 2.30. The molecule has 0 saturated carbocycles. The van der Waals surface area contributed by atoms with Crippen molar-refractivity contribution in [1.82, 2.24) is 4.90 Å². The molecule has 0 aromatic heterocycles. The molecule has 0 bridgehead atoms. The first kappa shape index (κ1) is 19.4. The minimum Gasteiger partial charge on any atom is -0.335 e. The number of hydrogen-bond acceptors (Lipinski definition) is 3. The fourth-order valence-electron chi connectivity index (χ4n) is 3.41. The maximum Gasteiger partial charge on any atom is 0.254 e. The Morgan fingerprint density at radius 2 is 2.00 bits per heavy atom. The zero-order valence-electron chi connectivity index (χ0n) is 15.5. The van der Waals surface area contributed by atoms with Crippen LogP contribution >= 0.6 is 0 Å². The van der Waals surface area contributed by atoms with Crippen molar-refractivity contribution in [3.63, 3.8) is 0 Å². The number of aryl methyl sites for hydroxylation is 1. The summed E-state index contributed by atoms with van der Waals surface area (Å²) in [4.78, 5) is 14.6. The lowest BCUT2D eigenvalue weighted by Gasteiger charge is -2.30. The molecule has 5 nitrogen and oxygen atoms in total. The van der Waals surface area contributed by atoms with E-state index >= 15 is 0 Å². The van der Waals surface area contributed by atoms with Gasteiger partial charge in [-0.15, -0.1) is 0 Å². The van der Waals surface area contributed by atoms with Crippen molar-refractivity contribution in [3.05, 3.63) is 65.0 Å². The molecule has 2 aromatic carbocycles. The molecule has 0 radical (unpaired) electrons. The number of carbonyl (C=O) groups excluding carboxylic acids is 1. The average Bonchev–Trinajstić information content (AvgIpc) is 2.64. The van der Waals surface area contributed by atoms with Crippen LogP contribution in [0.5, 0.6) is 0 Å². The Morgan fingerprint density at radius 1 is 1.22 bits per heavy atom. The van der Waals surface area contributed by atoms with E-state index in [-0.39, 0.29) is 11.7 Å². The van der Waals surface area contributed by atoms with Gasteiger partial charge in [0.15, 0.2) is 0 Å². The smallest absolute Gasteiger partial charge is 0.254 e. The van der Waals surface area contributed by atoms with Crippen LogP contribution in [0.15, 0.2) is 42.5 Å². The summed E-state index contributed by atoms with van der Waals surface area (Å²) < 4.78 is 38.7. The summed E-state index contributed by atoms with van der Waals surface area (Å²) in [6.07, 6.45) is 2.65. The summed E-state index contributed by atoms with van der Waals surface area (Å²) in [5.74, 6) is -0.480. The van der Waals surface area contributed by atoms with E-state index in [1.807, 2.05) is 6.92 Å². The topological polar surface area (TPSA) is 57.7 Å². The first-order valence-corrected chi connectivity index (χ1v) is 10.8. The van der Waals surface area contributed by atoms with Crippen LogP contribution in [0.2, 0.25) is 0 Å². The summed E-state index contributed by atoms with van der Waals surface area (Å²) >= 11 is 0. The number of halogens is 1. The lowest BCUT2D eigenvalue weighted by Crippen LogP contribution is -2.35. The van der Waals surface area contributed by atoms with E-state index in [0.717, 1.165) is 24.0 Å². The minimum absolute atomic E-state index is 0.152. The normalized spacial score (nSPS) is 14.0. The molecule has 1 amide bonds. The second-order valence-corrected chi connectivity index (χ2v) is 8.64. The molecule has 0 fully saturated rings. The third-order valence-electron chi connectivity index (χ3n) is 4.73. The van der Waals surface area contributed by atoms with Crippen LogP contribution in [0, 0.1) is 5.82 Å². The summed E-state index contributed by atoms with van der Waals surface area (Å²) in [7, 11) is -3.34. The first-order valence-electron chi connectivity index (χ1n) is 8.94. The Labute approximate surface area is 159 Å². The second kappa shape index (κ2) is 7.68. The van der Waals surface area contributed by atoms with E-state index in [4.69, 9.17) is 0 Å². The summed E-state index contributed by atoms with van der Waals surface area (Å²) in [6.45, 7) is 3.14. The Kier molecular flexibility index (Phi) is 5.51. The van der Waals surface area contributed by atoms with Crippen LogP contribution in [-0.4, -0.2) is 38.6 Å². The lowest BCUT2D eigenvalue weighted by atomic mass is 10.00. The predicted molar refractivity (Wildman–Crippen MR) is 104 cm³/mol. The van der Waals surface area contributed by atoms with E-state index in [2.05, 4.69) is 0 Å². The van der Waals surface area contributed by atoms with Crippen LogP contribution < -0.4 is 4.31 Å². The lowest BCUT2D eigenvalue weighted by molar-refractivity contribution is 0.0752. The number of rotatable bonds is 5. The van der Waals surface area contributed by atoms with Crippen molar-refractivity contribution in [2.75, 3.05) is 23.7 Å². The standard InChI is InChI=1S/C20H23FN2O3S/c1-3-22(14-15-6-4-8-18(21)12-15)20(24)17-9-10-19-16(13-17)7-5-11-23(19)27(2,25)26/h4,6,8-10,12-13H,3,5,7,11,14H2,1-2H3. The van der Waals surface area contributed by atoms with E-state index in [0.29, 0.717) is 30.9 Å². The fraction of sp³-hybridized carbons (Fsp3) is 0.350. The molecule has 1 aliphatic heterocycles. The number of nitrogens with zero attached hydrogens (tertiary/aromatic N) is 2. The average molecular weight is 390 g/mol. The highest BCUT2D eigenvalue weighted by Gasteiger charge is 2.25. The summed E-state index contributed by atoms with van der Waals surface area (Å²) in [5, 5.41) is 0. The molecule has 7 heteroatoms. The molecule has 0 saturated heterocycles. The van der Waals surface area contributed by atoms with Gasteiger partial charge >= 0.3 is 0 Å². The zero-order valence-corrected chi connectivity index (χ0v) is 16.3. The Hall–Kier alpha value is -2.41. The van der Waals surface area contributed by atoms with Gasteiger partial charge in [-0.05, 0) is 61.2 Å². The van der Waals surface area contributed by atoms with Gasteiger partial charge in [-0.1, -0.05) is 12.1 Å². The van der Waals surface area contributed by atoms with Crippen molar-refractivity contribution < 1.29 is 17.6 Å². The predicted octanol–water partition coefficient (Wildman–Crippen LogP) is 3.20. The molecule has 27 heavy (non-hydrogen) atoms. The highest BCUT2D eigenvalue weighted by molar-refractivity contribution is 7.92. The van der Waals surface area contributed by atoms with Crippen molar-refractivity contribution in [2.24, 2.45) is 0 Å². The molecule has 1 heterocycles. The van der Waals surface area contributed by atoms with Crippen molar-refractivity contribution in [1.29, 1.82) is 0 Å². The molecule has 0 N–H and O–H groups in total. The number of sulfonamides is 1. The van der Waals surface area contributed by atoms with Gasteiger partial charge in [0.05, 0.1) is 11.9 Å². The summed E-state index contributed by atoms with van der Waals surface area (Å²) in [6, 6.07) is 11.4. The van der Waals surface area contributed by atoms with Crippen LogP contribution in [0.4, 0.5) is 10.1 Å².